The van der Waals surface area contributed by atoms with Crippen LogP contribution >= 0.6 is 0 Å². The van der Waals surface area contributed by atoms with Gasteiger partial charge >= 0.3 is 12.1 Å². The number of nitrogens with zero attached hydrogens (tertiary/aromatic N) is 2. The van der Waals surface area contributed by atoms with Crippen LogP contribution in [0, 0.1) is 5.92 Å². The Labute approximate surface area is 297 Å². The zero-order chi connectivity index (χ0) is 36.1. The van der Waals surface area contributed by atoms with Gasteiger partial charge in [-0.25, -0.2) is 14.6 Å². The summed E-state index contributed by atoms with van der Waals surface area (Å²) >= 11 is 0. The molecule has 6 rings (SSSR count). The third-order valence-electron chi connectivity index (χ3n) is 10.2. The monoisotopic (exact) mass is 698 g/mol. The van der Waals surface area contributed by atoms with E-state index in [2.05, 4.69) is 17.2 Å². The second-order valence-corrected chi connectivity index (χ2v) is 13.6. The molecule has 0 radical (unpaired) electrons. The number of pyridine rings is 1. The van der Waals surface area contributed by atoms with Crippen molar-refractivity contribution < 1.29 is 38.5 Å². The molecular formula is C39H46N4O8. The van der Waals surface area contributed by atoms with Gasteiger partial charge in [0.2, 0.25) is 11.8 Å². The van der Waals surface area contributed by atoms with Gasteiger partial charge in [-0.15, -0.1) is 6.58 Å². The van der Waals surface area contributed by atoms with Crippen molar-refractivity contribution in [3.05, 3.63) is 66.7 Å². The summed E-state index contributed by atoms with van der Waals surface area (Å²) < 4.78 is 18.0. The van der Waals surface area contributed by atoms with Crippen molar-refractivity contribution in [1.29, 1.82) is 0 Å². The number of cyclic esters (lactones) is 1. The summed E-state index contributed by atoms with van der Waals surface area (Å²) in [5.41, 5.74) is 1.74. The van der Waals surface area contributed by atoms with E-state index in [1.165, 1.54) is 11.0 Å². The van der Waals surface area contributed by atoms with Gasteiger partial charge in [-0.05, 0) is 50.2 Å². The molecule has 1 aromatic heterocycles. The number of methoxy groups -OCH3 is 1. The van der Waals surface area contributed by atoms with E-state index in [1.54, 1.807) is 7.11 Å². The molecule has 5 atom stereocenters. The number of amides is 3. The van der Waals surface area contributed by atoms with Gasteiger partial charge in [-0.3, -0.25) is 9.59 Å². The fraction of sp³-hybridized carbons (Fsp3) is 0.462. The van der Waals surface area contributed by atoms with Gasteiger partial charge in [0.1, 0.15) is 35.2 Å². The van der Waals surface area contributed by atoms with Crippen molar-refractivity contribution in [1.82, 2.24) is 20.5 Å². The molecule has 12 nitrogen and oxygen atoms in total. The summed E-state index contributed by atoms with van der Waals surface area (Å²) in [6, 6.07) is 13.6. The fourth-order valence-electron chi connectivity index (χ4n) is 7.19. The molecule has 51 heavy (non-hydrogen) atoms. The first-order chi connectivity index (χ1) is 24.7. The number of nitrogens with one attached hydrogen (secondary N) is 2. The molecule has 270 valence electrons. The lowest BCUT2D eigenvalue weighted by Crippen LogP contribution is -2.56. The molecule has 3 amide bonds. The zero-order valence-corrected chi connectivity index (χ0v) is 29.2. The number of carbonyl (C=O) groups excluding carboxylic acids is 3. The number of benzene rings is 2. The largest absolute Gasteiger partial charge is 0.496 e. The smallest absolute Gasteiger partial charge is 0.407 e. The molecule has 0 unspecified atom stereocenters. The van der Waals surface area contributed by atoms with Crippen molar-refractivity contribution in [2.45, 2.75) is 88.4 Å². The van der Waals surface area contributed by atoms with Crippen LogP contribution in [-0.2, 0) is 25.5 Å². The fourth-order valence-corrected chi connectivity index (χ4v) is 7.19. The van der Waals surface area contributed by atoms with Crippen molar-refractivity contribution in [2.75, 3.05) is 20.3 Å². The highest BCUT2D eigenvalue weighted by Crippen LogP contribution is 2.45. The molecule has 4 bridgehead atoms. The van der Waals surface area contributed by atoms with Crippen molar-refractivity contribution in [3.8, 4) is 22.8 Å². The van der Waals surface area contributed by atoms with Crippen LogP contribution in [-0.4, -0.2) is 82.9 Å². The summed E-state index contributed by atoms with van der Waals surface area (Å²) in [4.78, 5) is 59.9. The SMILES string of the molecule is C=C[C@H]1C[C@]1(NC(=O)[C@@H]1C[C@@H]2CN1C(=O)[C@H](CCCC)NC(=O)OCCCCCc1cc3c(cc(-c4ccccc4)nc3cc1OC)O2)C(=O)O. The van der Waals surface area contributed by atoms with E-state index in [0.29, 0.717) is 42.0 Å². The normalized spacial score (nSPS) is 25.2. The lowest BCUT2D eigenvalue weighted by Gasteiger charge is -2.29. The summed E-state index contributed by atoms with van der Waals surface area (Å²) in [6.45, 7) is 5.94. The summed E-state index contributed by atoms with van der Waals surface area (Å²) in [5.74, 6) is -1.39. The first-order valence-corrected chi connectivity index (χ1v) is 17.8. The maximum atomic E-state index is 14.3. The van der Waals surface area contributed by atoms with Gasteiger partial charge in [0.25, 0.3) is 0 Å². The Hall–Kier alpha value is -5.13. The van der Waals surface area contributed by atoms with E-state index >= 15 is 0 Å². The van der Waals surface area contributed by atoms with E-state index in [-0.39, 0.29) is 26.0 Å². The Morgan fingerprint density at radius 2 is 1.98 bits per heavy atom. The topological polar surface area (TPSA) is 156 Å². The number of rotatable bonds is 9. The molecule has 3 heterocycles. The molecule has 0 spiro atoms. The second-order valence-electron chi connectivity index (χ2n) is 13.6. The highest BCUT2D eigenvalue weighted by Gasteiger charge is 2.61. The minimum absolute atomic E-state index is 0.0364. The van der Waals surface area contributed by atoms with Gasteiger partial charge in [0, 0.05) is 35.4 Å². The predicted molar refractivity (Wildman–Crippen MR) is 190 cm³/mol. The number of carbonyl (C=O) groups is 4. The van der Waals surface area contributed by atoms with Crippen LogP contribution in [0.5, 0.6) is 11.5 Å². The van der Waals surface area contributed by atoms with Gasteiger partial charge in [0.15, 0.2) is 0 Å². The highest BCUT2D eigenvalue weighted by atomic mass is 16.5. The molecule has 3 aliphatic rings. The van der Waals surface area contributed by atoms with Gasteiger partial charge in [-0.1, -0.05) is 56.2 Å². The molecule has 2 fully saturated rings. The van der Waals surface area contributed by atoms with E-state index in [4.69, 9.17) is 19.2 Å². The summed E-state index contributed by atoms with van der Waals surface area (Å²) in [7, 11) is 1.63. The van der Waals surface area contributed by atoms with Crippen LogP contribution in [0.1, 0.15) is 63.9 Å². The minimum Gasteiger partial charge on any atom is -0.496 e. The van der Waals surface area contributed by atoms with Crippen LogP contribution in [0.25, 0.3) is 22.2 Å². The molecule has 3 N–H and O–H groups in total. The molecule has 2 aromatic carbocycles. The third-order valence-corrected chi connectivity index (χ3v) is 10.2. The molecular weight excluding hydrogens is 652 g/mol. The molecule has 12 heteroatoms. The number of unbranched alkanes of at least 4 members (excludes halogenated alkanes) is 1. The first kappa shape index (κ1) is 35.7. The van der Waals surface area contributed by atoms with Crippen LogP contribution in [0.3, 0.4) is 0 Å². The van der Waals surface area contributed by atoms with Gasteiger partial charge in [0.05, 0.1) is 31.5 Å². The molecule has 3 aromatic rings. The van der Waals surface area contributed by atoms with Crippen LogP contribution in [0.4, 0.5) is 4.79 Å². The summed E-state index contributed by atoms with van der Waals surface area (Å²) in [5, 5.41) is 16.3. The second kappa shape index (κ2) is 15.4. The zero-order valence-electron chi connectivity index (χ0n) is 29.2. The first-order valence-electron chi connectivity index (χ1n) is 17.8. The number of ether oxygens (including phenoxy) is 3. The van der Waals surface area contributed by atoms with Gasteiger partial charge in [-0.2, -0.15) is 0 Å². The Kier molecular flexibility index (Phi) is 10.8. The van der Waals surface area contributed by atoms with E-state index in [1.807, 2.05) is 55.5 Å². The standard InChI is InChI=1S/C39H46N4O8/c1-4-6-16-29-36(45)43-23-27(19-32(43)35(44)42-39(37(46)47)22-26(39)5-2)51-34-20-30(24-13-9-7-10-14-24)40-31-21-33(49-3)25(18-28(31)34)15-11-8-12-17-50-38(48)41-29/h5,7,9-10,13-14,18,20-21,26-27,29,32H,2,4,6,8,11-12,15-17,19,22-23H2,1,3H3,(H,41,48)(H,42,44)(H,46,47)/t26-,27+,29-,32-,39+/m0/s1. The number of hydrogen-bond acceptors (Lipinski definition) is 8. The van der Waals surface area contributed by atoms with Crippen molar-refractivity contribution in [2.24, 2.45) is 5.92 Å². The summed E-state index contributed by atoms with van der Waals surface area (Å²) in [6.07, 6.45) is 5.27. The third kappa shape index (κ3) is 7.64. The number of carboxylic acids is 1. The predicted octanol–water partition coefficient (Wildman–Crippen LogP) is 5.42. The van der Waals surface area contributed by atoms with Gasteiger partial charge < -0.3 is 34.9 Å². The maximum absolute atomic E-state index is 14.3. The Morgan fingerprint density at radius 3 is 2.69 bits per heavy atom. The van der Waals surface area contributed by atoms with Crippen molar-refractivity contribution in [3.63, 3.8) is 0 Å². The molecule has 1 saturated carbocycles. The number of aliphatic carboxylic acids is 1. The number of aryl methyl sites for hydroxylation is 1. The molecule has 1 saturated heterocycles. The maximum Gasteiger partial charge on any atom is 0.407 e. The minimum atomic E-state index is -1.48. The average molecular weight is 699 g/mol. The Morgan fingerprint density at radius 1 is 1.18 bits per heavy atom. The van der Waals surface area contributed by atoms with Crippen LogP contribution < -0.4 is 20.1 Å². The lowest BCUT2D eigenvalue weighted by atomic mass is 10.0. The number of fused-ring (bicyclic) bond motifs is 3. The number of carboxylic acid groups (broad SMARTS) is 1. The number of aromatic nitrogens is 1. The number of hydrogen-bond donors (Lipinski definition) is 3. The average Bonchev–Trinajstić information content (AvgIpc) is 3.70. The van der Waals surface area contributed by atoms with Crippen molar-refractivity contribution >= 4 is 34.8 Å². The van der Waals surface area contributed by atoms with E-state index in [9.17, 15) is 24.3 Å². The van der Waals surface area contributed by atoms with Crippen LogP contribution in [0.2, 0.25) is 0 Å². The van der Waals surface area contributed by atoms with E-state index in [0.717, 1.165) is 42.2 Å². The highest BCUT2D eigenvalue weighted by molar-refractivity contribution is 5.96. The lowest BCUT2D eigenvalue weighted by molar-refractivity contribution is -0.145. The van der Waals surface area contributed by atoms with E-state index < -0.39 is 53.5 Å². The van der Waals surface area contributed by atoms with Crippen LogP contribution in [0.15, 0.2) is 61.2 Å². The Bertz CT molecular complexity index is 1800. The quantitative estimate of drug-likeness (QED) is 0.249. The number of alkyl carbamates (subject to hydrolysis) is 1. The Balaban J connectivity index is 1.41. The molecule has 1 aliphatic carbocycles. The molecule has 2 aliphatic heterocycles.